The van der Waals surface area contributed by atoms with Crippen LogP contribution in [0.1, 0.15) is 25.3 Å². The van der Waals surface area contributed by atoms with Gasteiger partial charge < -0.3 is 10.8 Å². The zero-order valence-electron chi connectivity index (χ0n) is 10.7. The van der Waals surface area contributed by atoms with Gasteiger partial charge in [-0.15, -0.1) is 0 Å². The van der Waals surface area contributed by atoms with E-state index in [2.05, 4.69) is 4.72 Å². The molecule has 0 aliphatic carbocycles. The normalized spacial score (nSPS) is 13.5. The summed E-state index contributed by atoms with van der Waals surface area (Å²) in [5, 5.41) is 9.51. The second kappa shape index (κ2) is 6.17. The molecule has 0 bridgehead atoms. The minimum Gasteiger partial charge on any atom is -0.398 e. The third-order valence-electron chi connectivity index (χ3n) is 2.69. The molecule has 1 unspecified atom stereocenters. The molecule has 0 fully saturated rings. The first-order valence-electron chi connectivity index (χ1n) is 5.90. The maximum Gasteiger partial charge on any atom is 0.240 e. The van der Waals surface area contributed by atoms with E-state index in [-0.39, 0.29) is 11.4 Å². The van der Waals surface area contributed by atoms with Gasteiger partial charge >= 0.3 is 0 Å². The SMILES string of the molecule is CCCC(O)CNS(=O)(=O)c1ccc(C)c(N)c1. The third-order valence-corrected chi connectivity index (χ3v) is 4.11. The van der Waals surface area contributed by atoms with E-state index in [1.165, 1.54) is 12.1 Å². The fraction of sp³-hybridized carbons (Fsp3) is 0.500. The summed E-state index contributed by atoms with van der Waals surface area (Å²) in [6.07, 6.45) is 0.714. The molecule has 0 aliphatic heterocycles. The smallest absolute Gasteiger partial charge is 0.240 e. The number of nitrogens with two attached hydrogens (primary N) is 1. The van der Waals surface area contributed by atoms with Gasteiger partial charge in [-0.25, -0.2) is 13.1 Å². The number of nitrogens with one attached hydrogen (secondary N) is 1. The highest BCUT2D eigenvalue weighted by Crippen LogP contribution is 2.16. The summed E-state index contributed by atoms with van der Waals surface area (Å²) in [7, 11) is -3.60. The molecule has 0 aliphatic rings. The van der Waals surface area contributed by atoms with Crippen molar-refractivity contribution < 1.29 is 13.5 Å². The maximum absolute atomic E-state index is 11.9. The van der Waals surface area contributed by atoms with Crippen molar-refractivity contribution in [3.8, 4) is 0 Å². The van der Waals surface area contributed by atoms with Crippen molar-refractivity contribution in [2.24, 2.45) is 0 Å². The van der Waals surface area contributed by atoms with E-state index in [1.54, 1.807) is 6.07 Å². The molecule has 102 valence electrons. The van der Waals surface area contributed by atoms with Crippen LogP contribution < -0.4 is 10.5 Å². The van der Waals surface area contributed by atoms with Crippen LogP contribution >= 0.6 is 0 Å². The van der Waals surface area contributed by atoms with Gasteiger partial charge in [-0.05, 0) is 31.0 Å². The van der Waals surface area contributed by atoms with E-state index in [0.717, 1.165) is 12.0 Å². The van der Waals surface area contributed by atoms with Gasteiger partial charge in [-0.3, -0.25) is 0 Å². The van der Waals surface area contributed by atoms with Crippen LogP contribution in [0, 0.1) is 6.92 Å². The number of nitrogen functional groups attached to an aromatic ring is 1. The minimum absolute atomic E-state index is 0.0178. The number of benzene rings is 1. The molecule has 0 spiro atoms. The van der Waals surface area contributed by atoms with Crippen LogP contribution in [0.15, 0.2) is 23.1 Å². The zero-order chi connectivity index (χ0) is 13.8. The van der Waals surface area contributed by atoms with Crippen molar-refractivity contribution in [2.75, 3.05) is 12.3 Å². The van der Waals surface area contributed by atoms with Crippen LogP contribution in [0.25, 0.3) is 0 Å². The summed E-state index contributed by atoms with van der Waals surface area (Å²) in [6, 6.07) is 4.58. The molecule has 0 aromatic heterocycles. The number of sulfonamides is 1. The van der Waals surface area contributed by atoms with Crippen LogP contribution in [0.2, 0.25) is 0 Å². The highest BCUT2D eigenvalue weighted by atomic mass is 32.2. The molecule has 1 aromatic carbocycles. The third kappa shape index (κ3) is 3.97. The number of aliphatic hydroxyl groups is 1. The summed E-state index contributed by atoms with van der Waals surface area (Å²) in [4.78, 5) is 0.120. The van der Waals surface area contributed by atoms with E-state index in [0.29, 0.717) is 12.1 Å². The molecule has 5 nitrogen and oxygen atoms in total. The van der Waals surface area contributed by atoms with E-state index in [4.69, 9.17) is 5.73 Å². The Kier molecular flexibility index (Phi) is 5.13. The second-order valence-corrected chi connectivity index (χ2v) is 6.08. The maximum atomic E-state index is 11.9. The first-order valence-corrected chi connectivity index (χ1v) is 7.39. The number of aliphatic hydroxyl groups excluding tert-OH is 1. The van der Waals surface area contributed by atoms with E-state index in [9.17, 15) is 13.5 Å². The fourth-order valence-corrected chi connectivity index (χ4v) is 2.62. The molecule has 0 amide bonds. The van der Waals surface area contributed by atoms with Crippen molar-refractivity contribution >= 4 is 15.7 Å². The highest BCUT2D eigenvalue weighted by Gasteiger charge is 2.16. The number of anilines is 1. The second-order valence-electron chi connectivity index (χ2n) is 4.31. The Hall–Kier alpha value is -1.11. The molecule has 1 atom stereocenters. The lowest BCUT2D eigenvalue weighted by Crippen LogP contribution is -2.32. The standard InChI is InChI=1S/C12H20N2O3S/c1-3-4-10(15)8-14-18(16,17)11-6-5-9(2)12(13)7-11/h5-7,10,14-15H,3-4,8,13H2,1-2H3. The molecule has 0 saturated carbocycles. The fourth-order valence-electron chi connectivity index (χ4n) is 1.51. The topological polar surface area (TPSA) is 92.4 Å². The predicted molar refractivity (Wildman–Crippen MR) is 71.7 cm³/mol. The van der Waals surface area contributed by atoms with Crippen molar-refractivity contribution in [1.29, 1.82) is 0 Å². The monoisotopic (exact) mass is 272 g/mol. The van der Waals surface area contributed by atoms with Gasteiger partial charge in [-0.1, -0.05) is 19.4 Å². The average molecular weight is 272 g/mol. The molecule has 0 heterocycles. The number of hydrogen-bond acceptors (Lipinski definition) is 4. The quantitative estimate of drug-likeness (QED) is 0.674. The number of aryl methyl sites for hydroxylation is 1. The van der Waals surface area contributed by atoms with Gasteiger partial charge in [0.15, 0.2) is 0 Å². The number of hydrogen-bond donors (Lipinski definition) is 3. The summed E-state index contributed by atoms with van der Waals surface area (Å²) in [6.45, 7) is 3.76. The molecule has 1 aromatic rings. The van der Waals surface area contributed by atoms with Crippen LogP contribution in [0.4, 0.5) is 5.69 Å². The van der Waals surface area contributed by atoms with Crippen molar-refractivity contribution in [1.82, 2.24) is 4.72 Å². The Morgan fingerprint density at radius 1 is 1.44 bits per heavy atom. The molecular formula is C12H20N2O3S. The largest absolute Gasteiger partial charge is 0.398 e. The van der Waals surface area contributed by atoms with Crippen LogP contribution in [0.3, 0.4) is 0 Å². The minimum atomic E-state index is -3.60. The Bertz CT molecular complexity index is 500. The van der Waals surface area contributed by atoms with Gasteiger partial charge in [0, 0.05) is 12.2 Å². The van der Waals surface area contributed by atoms with Gasteiger partial charge in [0.2, 0.25) is 10.0 Å². The van der Waals surface area contributed by atoms with Crippen LogP contribution in [-0.4, -0.2) is 26.2 Å². The zero-order valence-corrected chi connectivity index (χ0v) is 11.5. The van der Waals surface area contributed by atoms with E-state index >= 15 is 0 Å². The molecular weight excluding hydrogens is 252 g/mol. The van der Waals surface area contributed by atoms with Gasteiger partial charge in [0.05, 0.1) is 11.0 Å². The van der Waals surface area contributed by atoms with E-state index < -0.39 is 16.1 Å². The Morgan fingerprint density at radius 3 is 2.67 bits per heavy atom. The summed E-state index contributed by atoms with van der Waals surface area (Å²) in [5.74, 6) is 0. The summed E-state index contributed by atoms with van der Waals surface area (Å²) >= 11 is 0. The average Bonchev–Trinajstić information content (AvgIpc) is 2.30. The van der Waals surface area contributed by atoms with Crippen molar-refractivity contribution in [3.63, 3.8) is 0 Å². The van der Waals surface area contributed by atoms with Crippen LogP contribution in [0.5, 0.6) is 0 Å². The van der Waals surface area contributed by atoms with Crippen molar-refractivity contribution in [3.05, 3.63) is 23.8 Å². The van der Waals surface area contributed by atoms with Crippen molar-refractivity contribution in [2.45, 2.75) is 37.7 Å². The lowest BCUT2D eigenvalue weighted by molar-refractivity contribution is 0.167. The first kappa shape index (κ1) is 14.9. The first-order chi connectivity index (χ1) is 8.36. The number of rotatable bonds is 6. The molecule has 1 rings (SSSR count). The Morgan fingerprint density at radius 2 is 2.11 bits per heavy atom. The van der Waals surface area contributed by atoms with Gasteiger partial charge in [-0.2, -0.15) is 0 Å². The molecule has 0 saturated heterocycles. The lowest BCUT2D eigenvalue weighted by atomic mass is 10.2. The predicted octanol–water partition coefficient (Wildman–Crippen LogP) is 1.02. The Balaban J connectivity index is 2.77. The highest BCUT2D eigenvalue weighted by molar-refractivity contribution is 7.89. The van der Waals surface area contributed by atoms with Crippen LogP contribution in [-0.2, 0) is 10.0 Å². The summed E-state index contributed by atoms with van der Waals surface area (Å²) in [5.41, 5.74) is 6.95. The van der Waals surface area contributed by atoms with Gasteiger partial charge in [0.1, 0.15) is 0 Å². The van der Waals surface area contributed by atoms with Gasteiger partial charge in [0.25, 0.3) is 0 Å². The molecule has 18 heavy (non-hydrogen) atoms. The molecule has 0 radical (unpaired) electrons. The lowest BCUT2D eigenvalue weighted by Gasteiger charge is -2.12. The summed E-state index contributed by atoms with van der Waals surface area (Å²) < 4.78 is 26.2. The van der Waals surface area contributed by atoms with E-state index in [1.807, 2.05) is 13.8 Å². The molecule has 6 heteroatoms. The Labute approximate surface area is 108 Å². The molecule has 4 N–H and O–H groups in total.